The molecule has 0 radical (unpaired) electrons. The number of benzene rings is 1. The Kier molecular flexibility index (Phi) is 5.40. The molecular weight excluding hydrogens is 252 g/mol. The fourth-order valence-electron chi connectivity index (χ4n) is 2.55. The molecule has 1 aromatic rings. The predicted octanol–water partition coefficient (Wildman–Crippen LogP) is 2.19. The molecule has 0 aromatic heterocycles. The Morgan fingerprint density at radius 1 is 1.40 bits per heavy atom. The van der Waals surface area contributed by atoms with Crippen LogP contribution in [0.3, 0.4) is 0 Å². The van der Waals surface area contributed by atoms with Gasteiger partial charge in [0, 0.05) is 18.7 Å². The lowest BCUT2D eigenvalue weighted by Gasteiger charge is -2.35. The number of para-hydroxylation sites is 1. The van der Waals surface area contributed by atoms with Crippen LogP contribution < -0.4 is 10.5 Å². The first-order valence-corrected chi connectivity index (χ1v) is 7.47. The van der Waals surface area contributed by atoms with E-state index < -0.39 is 0 Å². The van der Waals surface area contributed by atoms with Gasteiger partial charge in [-0.25, -0.2) is 0 Å². The molecule has 1 saturated heterocycles. The maximum absolute atomic E-state index is 6.43. The van der Waals surface area contributed by atoms with Gasteiger partial charge in [0.25, 0.3) is 0 Å². The van der Waals surface area contributed by atoms with Crippen molar-refractivity contribution in [1.82, 2.24) is 4.90 Å². The first kappa shape index (κ1) is 15.3. The summed E-state index contributed by atoms with van der Waals surface area (Å²) in [5.41, 5.74) is 7.46. The number of nitrogens with zero attached hydrogens (tertiary/aromatic N) is 1. The lowest BCUT2D eigenvalue weighted by molar-refractivity contribution is -0.0396. The Balaban J connectivity index is 2.13. The van der Waals surface area contributed by atoms with Crippen molar-refractivity contribution in [2.24, 2.45) is 5.73 Å². The van der Waals surface area contributed by atoms with Crippen molar-refractivity contribution in [3.05, 3.63) is 29.8 Å². The van der Waals surface area contributed by atoms with Gasteiger partial charge in [-0.2, -0.15) is 0 Å². The molecule has 112 valence electrons. The molecule has 1 heterocycles. The van der Waals surface area contributed by atoms with Crippen molar-refractivity contribution >= 4 is 0 Å². The van der Waals surface area contributed by atoms with Gasteiger partial charge >= 0.3 is 0 Å². The molecule has 1 aliphatic rings. The number of rotatable bonds is 5. The molecule has 1 aliphatic heterocycles. The minimum atomic E-state index is -0.153. The zero-order valence-electron chi connectivity index (χ0n) is 12.7. The van der Waals surface area contributed by atoms with Crippen LogP contribution >= 0.6 is 0 Å². The normalized spacial score (nSPS) is 21.9. The van der Waals surface area contributed by atoms with E-state index in [9.17, 15) is 0 Å². The summed E-state index contributed by atoms with van der Waals surface area (Å²) in [4.78, 5) is 2.37. The third kappa shape index (κ3) is 3.72. The molecule has 2 N–H and O–H groups in total. The van der Waals surface area contributed by atoms with Crippen molar-refractivity contribution in [3.63, 3.8) is 0 Å². The van der Waals surface area contributed by atoms with Gasteiger partial charge < -0.3 is 15.2 Å². The number of ether oxygens (including phenoxy) is 2. The molecular formula is C16H26N2O2. The van der Waals surface area contributed by atoms with Crippen LogP contribution in [0.15, 0.2) is 24.3 Å². The Morgan fingerprint density at radius 2 is 2.15 bits per heavy atom. The summed E-state index contributed by atoms with van der Waals surface area (Å²) in [6.45, 7) is 9.88. The standard InChI is InChI=1S/C16H26N2O2/c1-4-18-9-10-19-15(11-18)16(17)13-7-5-6-8-14(13)20-12(2)3/h5-8,12,15-16H,4,9-11,17H2,1-3H3. The van der Waals surface area contributed by atoms with Gasteiger partial charge in [0.1, 0.15) is 5.75 Å². The largest absolute Gasteiger partial charge is 0.491 e. The molecule has 2 unspecified atom stereocenters. The van der Waals surface area contributed by atoms with Crippen molar-refractivity contribution < 1.29 is 9.47 Å². The van der Waals surface area contributed by atoms with Crippen LogP contribution in [-0.4, -0.2) is 43.3 Å². The minimum absolute atomic E-state index is 0.0283. The van der Waals surface area contributed by atoms with Gasteiger partial charge in [0.15, 0.2) is 0 Å². The van der Waals surface area contributed by atoms with Crippen molar-refractivity contribution in [3.8, 4) is 5.75 Å². The fourth-order valence-corrected chi connectivity index (χ4v) is 2.55. The van der Waals surface area contributed by atoms with E-state index in [0.29, 0.717) is 0 Å². The van der Waals surface area contributed by atoms with E-state index in [2.05, 4.69) is 11.8 Å². The number of morpholine rings is 1. The monoisotopic (exact) mass is 278 g/mol. The second-order valence-electron chi connectivity index (χ2n) is 5.53. The van der Waals surface area contributed by atoms with Gasteiger partial charge in [0.2, 0.25) is 0 Å². The highest BCUT2D eigenvalue weighted by molar-refractivity contribution is 5.36. The zero-order valence-corrected chi connectivity index (χ0v) is 12.7. The second-order valence-corrected chi connectivity index (χ2v) is 5.53. The highest BCUT2D eigenvalue weighted by atomic mass is 16.5. The van der Waals surface area contributed by atoms with Crippen molar-refractivity contribution in [1.29, 1.82) is 0 Å². The maximum Gasteiger partial charge on any atom is 0.124 e. The van der Waals surface area contributed by atoms with E-state index in [1.165, 1.54) is 0 Å². The van der Waals surface area contributed by atoms with Gasteiger partial charge in [-0.3, -0.25) is 4.90 Å². The molecule has 2 atom stereocenters. The molecule has 0 spiro atoms. The van der Waals surface area contributed by atoms with Crippen LogP contribution in [0.4, 0.5) is 0 Å². The van der Waals surface area contributed by atoms with Crippen LogP contribution in [0.25, 0.3) is 0 Å². The van der Waals surface area contributed by atoms with Crippen LogP contribution in [0, 0.1) is 0 Å². The van der Waals surface area contributed by atoms with Crippen LogP contribution in [0.5, 0.6) is 5.75 Å². The smallest absolute Gasteiger partial charge is 0.124 e. The molecule has 4 nitrogen and oxygen atoms in total. The van der Waals surface area contributed by atoms with Crippen LogP contribution in [0.1, 0.15) is 32.4 Å². The lowest BCUT2D eigenvalue weighted by atomic mass is 10.00. The van der Waals surface area contributed by atoms with Crippen molar-refractivity contribution in [2.45, 2.75) is 39.0 Å². The van der Waals surface area contributed by atoms with E-state index in [-0.39, 0.29) is 18.2 Å². The third-order valence-electron chi connectivity index (χ3n) is 3.67. The lowest BCUT2D eigenvalue weighted by Crippen LogP contribution is -2.46. The molecule has 2 rings (SSSR count). The third-order valence-corrected chi connectivity index (χ3v) is 3.67. The summed E-state index contributed by atoms with van der Waals surface area (Å²) in [6, 6.07) is 7.85. The molecule has 4 heteroatoms. The molecule has 0 aliphatic carbocycles. The molecule has 0 amide bonds. The maximum atomic E-state index is 6.43. The molecule has 0 bridgehead atoms. The molecule has 20 heavy (non-hydrogen) atoms. The predicted molar refractivity (Wildman–Crippen MR) is 81.0 cm³/mol. The summed E-state index contributed by atoms with van der Waals surface area (Å²) in [6.07, 6.45) is 0.170. The minimum Gasteiger partial charge on any atom is -0.491 e. The Morgan fingerprint density at radius 3 is 2.85 bits per heavy atom. The van der Waals surface area contributed by atoms with E-state index >= 15 is 0 Å². The van der Waals surface area contributed by atoms with Gasteiger partial charge in [-0.1, -0.05) is 25.1 Å². The van der Waals surface area contributed by atoms with E-state index in [0.717, 1.165) is 37.6 Å². The molecule has 1 fully saturated rings. The topological polar surface area (TPSA) is 47.7 Å². The Labute approximate surface area is 121 Å². The average Bonchev–Trinajstić information content (AvgIpc) is 2.46. The van der Waals surface area contributed by atoms with E-state index in [1.54, 1.807) is 0 Å². The van der Waals surface area contributed by atoms with E-state index in [4.69, 9.17) is 15.2 Å². The van der Waals surface area contributed by atoms with Gasteiger partial charge in [0.05, 0.1) is 24.9 Å². The first-order chi connectivity index (χ1) is 9.61. The zero-order chi connectivity index (χ0) is 14.5. The van der Waals surface area contributed by atoms with Gasteiger partial charge in [-0.05, 0) is 26.5 Å². The molecule has 1 aromatic carbocycles. The van der Waals surface area contributed by atoms with Gasteiger partial charge in [-0.15, -0.1) is 0 Å². The average molecular weight is 278 g/mol. The number of nitrogens with two attached hydrogens (primary N) is 1. The van der Waals surface area contributed by atoms with Crippen molar-refractivity contribution in [2.75, 3.05) is 26.2 Å². The van der Waals surface area contributed by atoms with E-state index in [1.807, 2.05) is 38.1 Å². The Bertz CT molecular complexity index is 423. The van der Waals surface area contributed by atoms with Crippen LogP contribution in [0.2, 0.25) is 0 Å². The second kappa shape index (κ2) is 7.07. The fraction of sp³-hybridized carbons (Fsp3) is 0.625. The first-order valence-electron chi connectivity index (χ1n) is 7.47. The summed E-state index contributed by atoms with van der Waals surface area (Å²) in [5.74, 6) is 0.868. The number of hydrogen-bond acceptors (Lipinski definition) is 4. The molecule has 0 saturated carbocycles. The summed E-state index contributed by atoms with van der Waals surface area (Å²) in [7, 11) is 0. The highest BCUT2D eigenvalue weighted by Crippen LogP contribution is 2.28. The van der Waals surface area contributed by atoms with Crippen LogP contribution in [-0.2, 0) is 4.74 Å². The highest BCUT2D eigenvalue weighted by Gasteiger charge is 2.28. The Hall–Kier alpha value is -1.10. The SMILES string of the molecule is CCN1CCOC(C(N)c2ccccc2OC(C)C)C1. The number of likely N-dealkylation sites (N-methyl/N-ethyl adjacent to an activating group) is 1. The summed E-state index contributed by atoms with van der Waals surface area (Å²) >= 11 is 0. The summed E-state index contributed by atoms with van der Waals surface area (Å²) in [5, 5.41) is 0. The number of hydrogen-bond donors (Lipinski definition) is 1. The summed E-state index contributed by atoms with van der Waals surface area (Å²) < 4.78 is 11.7. The quantitative estimate of drug-likeness (QED) is 0.897.